The number of nitro groups is 2. The summed E-state index contributed by atoms with van der Waals surface area (Å²) in [5.41, 5.74) is 5.05. The Balaban J connectivity index is 2.42. The summed E-state index contributed by atoms with van der Waals surface area (Å²) < 4.78 is 0.665. The van der Waals surface area contributed by atoms with Crippen LogP contribution in [0.15, 0.2) is 18.2 Å². The van der Waals surface area contributed by atoms with Crippen molar-refractivity contribution in [3.8, 4) is 0 Å². The number of hydrogen-bond donors (Lipinski definition) is 2. The molecule has 0 heterocycles. The van der Waals surface area contributed by atoms with Crippen LogP contribution in [0.1, 0.15) is 19.3 Å². The van der Waals surface area contributed by atoms with Gasteiger partial charge in [0.25, 0.3) is 0 Å². The number of nitrogens with one attached hydrogen (secondary N) is 1. The zero-order valence-corrected chi connectivity index (χ0v) is 14.4. The first kappa shape index (κ1) is 18.5. The molecule has 8 nitrogen and oxygen atoms in total. The van der Waals surface area contributed by atoms with E-state index in [1.165, 1.54) is 12.1 Å². The molecule has 1 unspecified atom stereocenters. The van der Waals surface area contributed by atoms with Crippen LogP contribution in [-0.4, -0.2) is 45.2 Å². The number of rotatable bonds is 11. The summed E-state index contributed by atoms with van der Waals surface area (Å²) in [7, 11) is 0. The van der Waals surface area contributed by atoms with E-state index in [0.29, 0.717) is 10.9 Å². The van der Waals surface area contributed by atoms with E-state index < -0.39 is 25.6 Å². The van der Waals surface area contributed by atoms with E-state index >= 15 is 0 Å². The van der Waals surface area contributed by atoms with Gasteiger partial charge in [0.1, 0.15) is 0 Å². The van der Waals surface area contributed by atoms with E-state index in [9.17, 15) is 20.2 Å². The van der Waals surface area contributed by atoms with Crippen molar-refractivity contribution in [3.05, 3.63) is 38.4 Å². The van der Waals surface area contributed by atoms with Gasteiger partial charge in [0, 0.05) is 0 Å². The van der Waals surface area contributed by atoms with Crippen LogP contribution >= 0.6 is 0 Å². The molecule has 1 rings (SSSR count). The molecule has 3 N–H and O–H groups in total. The number of unbranched alkanes of at least 4 members (excludes halogenated alkanes) is 1. The van der Waals surface area contributed by atoms with Crippen molar-refractivity contribution in [1.29, 1.82) is 0 Å². The Kier molecular flexibility index (Phi) is 8.65. The molecule has 0 spiro atoms. The minimum absolute atomic E-state index is 0.120. The first-order chi connectivity index (χ1) is 10.6. The van der Waals surface area contributed by atoms with E-state index in [-0.39, 0.29) is 11.4 Å². The van der Waals surface area contributed by atoms with Crippen LogP contribution in [0.25, 0.3) is 0 Å². The normalized spacial score (nSPS) is 11.1. The van der Waals surface area contributed by atoms with Gasteiger partial charge in [-0.05, 0) is 0 Å². The Morgan fingerprint density at radius 1 is 1.09 bits per heavy atom. The Morgan fingerprint density at radius 2 is 1.82 bits per heavy atom. The molecule has 0 saturated heterocycles. The number of non-ortho nitro benzene ring substituents is 1. The molecule has 22 heavy (non-hydrogen) atoms. The van der Waals surface area contributed by atoms with Gasteiger partial charge in [-0.2, -0.15) is 0 Å². The fourth-order valence-corrected chi connectivity index (χ4v) is 4.34. The number of nitro benzene ring substituents is 2. The second kappa shape index (κ2) is 10.3. The molecule has 0 amide bonds. The second-order valence-electron chi connectivity index (χ2n) is 4.74. The standard InChI is InChI=1S/C13H21AsN4O4/c15-7-1-2-8-16-9-3-6-14-12-5-4-11(17(19)20)10-13(12)18(21)22/h4-5,10,14,16H,1-3,6-9,15H2. The number of nitrogens with two attached hydrogens (primary N) is 1. The first-order valence-corrected chi connectivity index (χ1v) is 9.67. The molecule has 1 aromatic rings. The van der Waals surface area contributed by atoms with E-state index in [0.717, 1.165) is 43.6 Å². The SMILES string of the molecule is NCCCCNCCC[AsH]c1ccc([N+](=O)[O-])cc1[N+](=O)[O-]. The molecule has 0 aliphatic carbocycles. The molecule has 0 bridgehead atoms. The van der Waals surface area contributed by atoms with Crippen molar-refractivity contribution < 1.29 is 9.85 Å². The van der Waals surface area contributed by atoms with Crippen LogP contribution < -0.4 is 15.4 Å². The van der Waals surface area contributed by atoms with Crippen LogP contribution in [0.5, 0.6) is 0 Å². The van der Waals surface area contributed by atoms with Gasteiger partial charge in [-0.25, -0.2) is 0 Å². The maximum absolute atomic E-state index is 11.0. The Morgan fingerprint density at radius 3 is 2.45 bits per heavy atom. The Labute approximate surface area is 135 Å². The van der Waals surface area contributed by atoms with Crippen LogP contribution in [0.4, 0.5) is 11.4 Å². The van der Waals surface area contributed by atoms with Gasteiger partial charge < -0.3 is 0 Å². The number of hydrogen-bond acceptors (Lipinski definition) is 6. The van der Waals surface area contributed by atoms with Crippen molar-refractivity contribution in [2.45, 2.75) is 24.5 Å². The van der Waals surface area contributed by atoms with Crippen LogP contribution in [0, 0.1) is 20.2 Å². The fourth-order valence-electron chi connectivity index (χ4n) is 1.89. The zero-order valence-electron chi connectivity index (χ0n) is 12.3. The third-order valence-corrected chi connectivity index (χ3v) is 5.99. The summed E-state index contributed by atoms with van der Waals surface area (Å²) in [6.07, 6.45) is 3.02. The quantitative estimate of drug-likeness (QED) is 0.255. The van der Waals surface area contributed by atoms with E-state index in [1.54, 1.807) is 0 Å². The van der Waals surface area contributed by atoms with E-state index in [2.05, 4.69) is 5.32 Å². The summed E-state index contributed by atoms with van der Waals surface area (Å²) in [6.45, 7) is 2.53. The third kappa shape index (κ3) is 6.51. The number of nitrogens with zero attached hydrogens (tertiary/aromatic N) is 2. The van der Waals surface area contributed by atoms with Gasteiger partial charge >= 0.3 is 135 Å². The molecular formula is C13H21AsN4O4. The van der Waals surface area contributed by atoms with Crippen molar-refractivity contribution in [2.24, 2.45) is 5.73 Å². The van der Waals surface area contributed by atoms with Gasteiger partial charge in [0.05, 0.1) is 0 Å². The summed E-state index contributed by atoms with van der Waals surface area (Å²) >= 11 is -0.659. The molecular weight excluding hydrogens is 351 g/mol. The summed E-state index contributed by atoms with van der Waals surface area (Å²) in [4.78, 5) is 20.5. The molecule has 122 valence electrons. The van der Waals surface area contributed by atoms with Gasteiger partial charge in [-0.1, -0.05) is 0 Å². The maximum atomic E-state index is 11.0. The molecule has 0 aliphatic heterocycles. The van der Waals surface area contributed by atoms with Crippen molar-refractivity contribution in [2.75, 3.05) is 19.6 Å². The van der Waals surface area contributed by atoms with Crippen LogP contribution in [0.3, 0.4) is 0 Å². The molecule has 1 aromatic carbocycles. The Bertz CT molecular complexity index is 513. The predicted octanol–water partition coefficient (Wildman–Crippen LogP) is 0.702. The predicted molar refractivity (Wildman–Crippen MR) is 87.1 cm³/mol. The average molecular weight is 372 g/mol. The second-order valence-corrected chi connectivity index (χ2v) is 7.66. The van der Waals surface area contributed by atoms with Gasteiger partial charge in [0.15, 0.2) is 0 Å². The van der Waals surface area contributed by atoms with E-state index in [1.807, 2.05) is 0 Å². The molecule has 0 radical (unpaired) electrons. The zero-order chi connectivity index (χ0) is 16.4. The van der Waals surface area contributed by atoms with Gasteiger partial charge in [-0.3, -0.25) is 0 Å². The van der Waals surface area contributed by atoms with E-state index in [4.69, 9.17) is 5.73 Å². The topological polar surface area (TPSA) is 124 Å². The summed E-state index contributed by atoms with van der Waals surface area (Å²) in [6, 6.07) is 3.94. The molecule has 0 fully saturated rings. The number of benzene rings is 1. The monoisotopic (exact) mass is 372 g/mol. The van der Waals surface area contributed by atoms with Crippen molar-refractivity contribution >= 4 is 31.5 Å². The summed E-state index contributed by atoms with van der Waals surface area (Å²) in [5.74, 6) is 0. The van der Waals surface area contributed by atoms with Crippen LogP contribution in [0.2, 0.25) is 5.21 Å². The van der Waals surface area contributed by atoms with Crippen molar-refractivity contribution in [3.63, 3.8) is 0 Å². The van der Waals surface area contributed by atoms with Crippen LogP contribution in [-0.2, 0) is 0 Å². The fraction of sp³-hybridized carbons (Fsp3) is 0.538. The molecule has 0 aromatic heterocycles. The summed E-state index contributed by atoms with van der Waals surface area (Å²) in [5, 5.41) is 25.9. The van der Waals surface area contributed by atoms with Gasteiger partial charge in [-0.15, -0.1) is 0 Å². The first-order valence-electron chi connectivity index (χ1n) is 7.13. The molecule has 0 saturated carbocycles. The minimum atomic E-state index is -0.659. The molecule has 1 atom stereocenters. The average Bonchev–Trinajstić information content (AvgIpc) is 2.49. The molecule has 9 heteroatoms. The molecule has 0 aliphatic rings. The van der Waals surface area contributed by atoms with Gasteiger partial charge in [0.2, 0.25) is 0 Å². The third-order valence-electron chi connectivity index (χ3n) is 3.04. The van der Waals surface area contributed by atoms with Crippen molar-refractivity contribution in [1.82, 2.24) is 5.32 Å². The Hall–Kier alpha value is -1.50.